The summed E-state index contributed by atoms with van der Waals surface area (Å²) in [7, 11) is 0. The van der Waals surface area contributed by atoms with Crippen molar-refractivity contribution in [3.63, 3.8) is 0 Å². The Balaban J connectivity index is 1.77. The minimum absolute atomic E-state index is 0.823. The maximum atomic E-state index is 3.22. The van der Waals surface area contributed by atoms with Crippen molar-refractivity contribution < 1.29 is 0 Å². The molecular formula is C18H16. The molecule has 2 aromatic rings. The van der Waals surface area contributed by atoms with Gasteiger partial charge in [-0.1, -0.05) is 41.7 Å². The second kappa shape index (κ2) is 4.70. The largest absolute Gasteiger partial charge is 0.0617 e. The number of rotatable bonds is 1. The van der Waals surface area contributed by atoms with Gasteiger partial charge in [0.15, 0.2) is 0 Å². The van der Waals surface area contributed by atoms with Gasteiger partial charge >= 0.3 is 0 Å². The van der Waals surface area contributed by atoms with Gasteiger partial charge in [-0.15, -0.1) is 0 Å². The number of aryl methyl sites for hydroxylation is 1. The zero-order chi connectivity index (χ0) is 12.4. The van der Waals surface area contributed by atoms with Gasteiger partial charge in [0.1, 0.15) is 0 Å². The summed E-state index contributed by atoms with van der Waals surface area (Å²) in [5.41, 5.74) is 4.91. The molecule has 0 unspecified atom stereocenters. The molecule has 1 aliphatic carbocycles. The van der Waals surface area contributed by atoms with E-state index in [2.05, 4.69) is 67.3 Å². The highest BCUT2D eigenvalue weighted by molar-refractivity contribution is 5.44. The first kappa shape index (κ1) is 11.1. The topological polar surface area (TPSA) is 0 Å². The monoisotopic (exact) mass is 232 g/mol. The molecule has 0 atom stereocenters. The van der Waals surface area contributed by atoms with Gasteiger partial charge in [0.2, 0.25) is 0 Å². The predicted molar refractivity (Wildman–Crippen MR) is 75.6 cm³/mol. The summed E-state index contributed by atoms with van der Waals surface area (Å²) in [6.45, 7) is 2.09. The summed E-state index contributed by atoms with van der Waals surface area (Å²) in [6, 6.07) is 17.0. The van der Waals surface area contributed by atoms with Crippen molar-refractivity contribution in [2.75, 3.05) is 0 Å². The van der Waals surface area contributed by atoms with Crippen molar-refractivity contribution in [1.82, 2.24) is 0 Å². The molecule has 0 aromatic heterocycles. The highest BCUT2D eigenvalue weighted by atomic mass is 14.3. The molecular weight excluding hydrogens is 216 g/mol. The highest BCUT2D eigenvalue weighted by Gasteiger charge is 2.22. The van der Waals surface area contributed by atoms with Crippen molar-refractivity contribution in [1.29, 1.82) is 0 Å². The normalized spacial score (nSPS) is 13.8. The standard InChI is InChI=1S/C18H16/c1-14-2-4-15(5-3-14)6-7-16-8-10-17(11-9-16)18-12-13-18/h2-5,8-11,18H,12-13H2,1H3. The fraction of sp³-hybridized carbons (Fsp3) is 0.222. The van der Waals surface area contributed by atoms with E-state index in [1.807, 2.05) is 0 Å². The van der Waals surface area contributed by atoms with E-state index in [-0.39, 0.29) is 0 Å². The Kier molecular flexibility index (Phi) is 2.90. The first-order chi connectivity index (χ1) is 8.81. The maximum Gasteiger partial charge on any atom is 0.0249 e. The number of hydrogen-bond donors (Lipinski definition) is 0. The maximum absolute atomic E-state index is 3.22. The van der Waals surface area contributed by atoms with Gasteiger partial charge in [-0.25, -0.2) is 0 Å². The van der Waals surface area contributed by atoms with Crippen LogP contribution in [0.4, 0.5) is 0 Å². The molecule has 1 aliphatic rings. The smallest absolute Gasteiger partial charge is 0.0249 e. The molecule has 0 heteroatoms. The Morgan fingerprint density at radius 3 is 1.78 bits per heavy atom. The number of hydrogen-bond acceptors (Lipinski definition) is 0. The second-order valence-electron chi connectivity index (χ2n) is 5.01. The van der Waals surface area contributed by atoms with Crippen molar-refractivity contribution in [3.05, 3.63) is 70.8 Å². The van der Waals surface area contributed by atoms with Crippen LogP contribution < -0.4 is 0 Å². The van der Waals surface area contributed by atoms with Crippen molar-refractivity contribution in [3.8, 4) is 11.8 Å². The van der Waals surface area contributed by atoms with Gasteiger partial charge in [0.05, 0.1) is 0 Å². The molecule has 0 nitrogen and oxygen atoms in total. The summed E-state index contributed by atoms with van der Waals surface area (Å²) in [6.07, 6.45) is 2.71. The van der Waals surface area contributed by atoms with E-state index in [9.17, 15) is 0 Å². The summed E-state index contributed by atoms with van der Waals surface area (Å²) < 4.78 is 0. The molecule has 0 saturated heterocycles. The molecule has 88 valence electrons. The second-order valence-corrected chi connectivity index (χ2v) is 5.01. The summed E-state index contributed by atoms with van der Waals surface area (Å²) >= 11 is 0. The van der Waals surface area contributed by atoms with E-state index < -0.39 is 0 Å². The third-order valence-electron chi connectivity index (χ3n) is 3.36. The van der Waals surface area contributed by atoms with Crippen LogP contribution in [-0.4, -0.2) is 0 Å². The summed E-state index contributed by atoms with van der Waals surface area (Å²) in [5, 5.41) is 0. The first-order valence-electron chi connectivity index (χ1n) is 6.50. The molecule has 18 heavy (non-hydrogen) atoms. The first-order valence-corrected chi connectivity index (χ1v) is 6.50. The van der Waals surface area contributed by atoms with Crippen LogP contribution in [0.3, 0.4) is 0 Å². The zero-order valence-corrected chi connectivity index (χ0v) is 10.6. The fourth-order valence-corrected chi connectivity index (χ4v) is 2.04. The lowest BCUT2D eigenvalue weighted by atomic mass is 10.1. The Hall–Kier alpha value is -2.00. The van der Waals surface area contributed by atoms with Gasteiger partial charge in [0, 0.05) is 11.1 Å². The molecule has 0 N–H and O–H groups in total. The predicted octanol–water partition coefficient (Wildman–Crippen LogP) is 4.27. The lowest BCUT2D eigenvalue weighted by Crippen LogP contribution is -1.80. The molecule has 0 bridgehead atoms. The Morgan fingerprint density at radius 2 is 1.28 bits per heavy atom. The van der Waals surface area contributed by atoms with E-state index in [0.717, 1.165) is 17.0 Å². The van der Waals surface area contributed by atoms with Crippen LogP contribution in [0.1, 0.15) is 41.0 Å². The minimum atomic E-state index is 0.823. The lowest BCUT2D eigenvalue weighted by Gasteiger charge is -1.97. The number of benzene rings is 2. The zero-order valence-electron chi connectivity index (χ0n) is 10.6. The molecule has 0 amide bonds. The molecule has 0 aliphatic heterocycles. The Labute approximate surface area is 109 Å². The lowest BCUT2D eigenvalue weighted by molar-refractivity contribution is 1.13. The summed E-state index contributed by atoms with van der Waals surface area (Å²) in [4.78, 5) is 0. The third-order valence-corrected chi connectivity index (χ3v) is 3.36. The van der Waals surface area contributed by atoms with Gasteiger partial charge in [-0.2, -0.15) is 0 Å². The molecule has 1 fully saturated rings. The average molecular weight is 232 g/mol. The molecule has 0 spiro atoms. The Morgan fingerprint density at radius 1 is 0.778 bits per heavy atom. The quantitative estimate of drug-likeness (QED) is 0.644. The Bertz CT molecular complexity index is 587. The van der Waals surface area contributed by atoms with E-state index in [0.29, 0.717) is 0 Å². The molecule has 3 rings (SSSR count). The van der Waals surface area contributed by atoms with Crippen LogP contribution in [0.15, 0.2) is 48.5 Å². The van der Waals surface area contributed by atoms with Crippen molar-refractivity contribution >= 4 is 0 Å². The van der Waals surface area contributed by atoms with Crippen LogP contribution in [0.25, 0.3) is 0 Å². The third kappa shape index (κ3) is 2.63. The molecule has 2 aromatic carbocycles. The average Bonchev–Trinajstić information content (AvgIpc) is 3.23. The molecule has 0 heterocycles. The minimum Gasteiger partial charge on any atom is -0.0617 e. The van der Waals surface area contributed by atoms with Crippen molar-refractivity contribution in [2.45, 2.75) is 25.7 Å². The van der Waals surface area contributed by atoms with Gasteiger partial charge in [0.25, 0.3) is 0 Å². The fourth-order valence-electron chi connectivity index (χ4n) is 2.04. The van der Waals surface area contributed by atoms with Crippen molar-refractivity contribution in [2.24, 2.45) is 0 Å². The van der Waals surface area contributed by atoms with Gasteiger partial charge in [-0.05, 0) is 55.5 Å². The van der Waals surface area contributed by atoms with Crippen LogP contribution in [-0.2, 0) is 0 Å². The van der Waals surface area contributed by atoms with Gasteiger partial charge in [-0.3, -0.25) is 0 Å². The highest BCUT2D eigenvalue weighted by Crippen LogP contribution is 2.39. The van der Waals surface area contributed by atoms with E-state index in [4.69, 9.17) is 0 Å². The SMILES string of the molecule is Cc1ccc(C#Cc2ccc(C3CC3)cc2)cc1. The van der Waals surface area contributed by atoms with Gasteiger partial charge < -0.3 is 0 Å². The molecule has 1 saturated carbocycles. The van der Waals surface area contributed by atoms with E-state index in [1.54, 1.807) is 0 Å². The van der Waals surface area contributed by atoms with E-state index in [1.165, 1.54) is 24.0 Å². The van der Waals surface area contributed by atoms with Crippen LogP contribution in [0, 0.1) is 18.8 Å². The summed E-state index contributed by atoms with van der Waals surface area (Å²) in [5.74, 6) is 7.24. The van der Waals surface area contributed by atoms with Crippen LogP contribution >= 0.6 is 0 Å². The van der Waals surface area contributed by atoms with Crippen LogP contribution in [0.2, 0.25) is 0 Å². The molecule has 0 radical (unpaired) electrons. The van der Waals surface area contributed by atoms with Crippen LogP contribution in [0.5, 0.6) is 0 Å². The van der Waals surface area contributed by atoms with E-state index >= 15 is 0 Å².